The summed E-state index contributed by atoms with van der Waals surface area (Å²) in [6, 6.07) is 9.40. The number of carbonyl (C=O) groups excluding carboxylic acids is 1. The van der Waals surface area contributed by atoms with Crippen LogP contribution in [0, 0.1) is 0 Å². The van der Waals surface area contributed by atoms with E-state index in [1.807, 2.05) is 30.3 Å². The molecule has 0 aliphatic heterocycles. The second kappa shape index (κ2) is 10.6. The van der Waals surface area contributed by atoms with Gasteiger partial charge in [-0.2, -0.15) is 0 Å². The van der Waals surface area contributed by atoms with Crippen LogP contribution in [0.5, 0.6) is 0 Å². The predicted octanol–water partition coefficient (Wildman–Crippen LogP) is 2.94. The largest absolute Gasteiger partial charge is 0.380 e. The average Bonchev–Trinajstić information content (AvgIpc) is 2.55. The molecule has 0 saturated carbocycles. The summed E-state index contributed by atoms with van der Waals surface area (Å²) in [6.07, 6.45) is 0.0195. The third-order valence-corrected chi connectivity index (χ3v) is 5.38. The van der Waals surface area contributed by atoms with Crippen molar-refractivity contribution in [2.75, 3.05) is 19.8 Å². The van der Waals surface area contributed by atoms with Gasteiger partial charge in [0.1, 0.15) is 6.61 Å². The van der Waals surface area contributed by atoms with Crippen molar-refractivity contribution in [3.63, 3.8) is 0 Å². The number of nitrogens with zero attached hydrogens (tertiary/aromatic N) is 1. The molecule has 1 unspecified atom stereocenters. The number of aliphatic hydroxyl groups is 1. The highest BCUT2D eigenvalue weighted by atomic mass is 31.2. The lowest BCUT2D eigenvalue weighted by Gasteiger charge is -2.25. The highest BCUT2D eigenvalue weighted by Crippen LogP contribution is 2.53. The lowest BCUT2D eigenvalue weighted by Crippen LogP contribution is -2.32. The second-order valence-corrected chi connectivity index (χ2v) is 7.22. The van der Waals surface area contributed by atoms with Gasteiger partial charge in [-0.05, 0) is 19.4 Å². The van der Waals surface area contributed by atoms with Crippen LogP contribution in [0.15, 0.2) is 30.3 Å². The maximum absolute atomic E-state index is 12.4. The summed E-state index contributed by atoms with van der Waals surface area (Å²) >= 11 is 0. The fourth-order valence-electron chi connectivity index (χ4n) is 2.00. The first kappa shape index (κ1) is 20.8. The van der Waals surface area contributed by atoms with E-state index in [0.29, 0.717) is 0 Å². The van der Waals surface area contributed by atoms with E-state index in [9.17, 15) is 14.5 Å². The standard InChI is InChI=1S/C16H26NO6P/c1-4-22-24(20,23-5-2)16(19)11-12-17(14(3)18)21-13-15-9-7-6-8-10-15/h6-10,16,19H,4-5,11-13H2,1-3H3. The zero-order valence-electron chi connectivity index (χ0n) is 14.4. The van der Waals surface area contributed by atoms with Crippen molar-refractivity contribution < 1.29 is 28.4 Å². The van der Waals surface area contributed by atoms with Gasteiger partial charge in [0.15, 0.2) is 5.85 Å². The van der Waals surface area contributed by atoms with Crippen LogP contribution in [0.25, 0.3) is 0 Å². The van der Waals surface area contributed by atoms with E-state index >= 15 is 0 Å². The topological polar surface area (TPSA) is 85.3 Å². The molecule has 0 radical (unpaired) electrons. The molecule has 0 heterocycles. The molecule has 0 fully saturated rings. The zero-order chi connectivity index (χ0) is 18.0. The Morgan fingerprint density at radius 1 is 1.21 bits per heavy atom. The number of amides is 1. The second-order valence-electron chi connectivity index (χ2n) is 5.02. The van der Waals surface area contributed by atoms with Gasteiger partial charge in [-0.15, -0.1) is 0 Å². The zero-order valence-corrected chi connectivity index (χ0v) is 15.3. The van der Waals surface area contributed by atoms with Crippen molar-refractivity contribution in [2.24, 2.45) is 0 Å². The van der Waals surface area contributed by atoms with E-state index in [1.54, 1.807) is 13.8 Å². The summed E-state index contributed by atoms with van der Waals surface area (Å²) in [5.41, 5.74) is 0.915. The maximum atomic E-state index is 12.4. The molecule has 0 aliphatic carbocycles. The Kier molecular flexibility index (Phi) is 9.18. The molecule has 7 nitrogen and oxygen atoms in total. The molecule has 1 atom stereocenters. The molecule has 24 heavy (non-hydrogen) atoms. The van der Waals surface area contributed by atoms with E-state index in [1.165, 1.54) is 6.92 Å². The Hall–Kier alpha value is -1.24. The van der Waals surface area contributed by atoms with Crippen molar-refractivity contribution in [3.05, 3.63) is 35.9 Å². The SMILES string of the molecule is CCOP(=O)(OCC)C(O)CCN(OCc1ccccc1)C(C)=O. The Morgan fingerprint density at radius 3 is 2.29 bits per heavy atom. The van der Waals surface area contributed by atoms with Crippen molar-refractivity contribution in [3.8, 4) is 0 Å². The maximum Gasteiger partial charge on any atom is 0.358 e. The average molecular weight is 359 g/mol. The normalized spacial score (nSPS) is 12.8. The molecule has 1 amide bonds. The van der Waals surface area contributed by atoms with Crippen molar-refractivity contribution in [1.82, 2.24) is 5.06 Å². The van der Waals surface area contributed by atoms with Crippen LogP contribution in [-0.2, 0) is 29.9 Å². The van der Waals surface area contributed by atoms with Crippen LogP contribution in [0.1, 0.15) is 32.8 Å². The highest BCUT2D eigenvalue weighted by molar-refractivity contribution is 7.54. The predicted molar refractivity (Wildman–Crippen MR) is 90.1 cm³/mol. The van der Waals surface area contributed by atoms with Crippen molar-refractivity contribution in [1.29, 1.82) is 0 Å². The molecule has 0 aromatic heterocycles. The Bertz CT molecular complexity index is 529. The third-order valence-electron chi connectivity index (χ3n) is 3.15. The number of carbonyl (C=O) groups is 1. The first-order valence-electron chi connectivity index (χ1n) is 7.94. The molecule has 1 aromatic carbocycles. The molecule has 136 valence electrons. The van der Waals surface area contributed by atoms with Gasteiger partial charge in [0.05, 0.1) is 19.8 Å². The summed E-state index contributed by atoms with van der Waals surface area (Å²) in [6.45, 7) is 5.33. The van der Waals surface area contributed by atoms with E-state index in [4.69, 9.17) is 13.9 Å². The van der Waals surface area contributed by atoms with Gasteiger partial charge in [-0.3, -0.25) is 14.2 Å². The molecule has 1 rings (SSSR count). The molecular formula is C16H26NO6P. The van der Waals surface area contributed by atoms with Gasteiger partial charge < -0.3 is 14.2 Å². The molecular weight excluding hydrogens is 333 g/mol. The van der Waals surface area contributed by atoms with E-state index in [2.05, 4.69) is 0 Å². The van der Waals surface area contributed by atoms with Crippen LogP contribution in [-0.4, -0.2) is 41.7 Å². The van der Waals surface area contributed by atoms with Crippen LogP contribution >= 0.6 is 7.60 Å². The van der Waals surface area contributed by atoms with Crippen LogP contribution < -0.4 is 0 Å². The minimum absolute atomic E-state index is 0.0195. The molecule has 0 bridgehead atoms. The monoisotopic (exact) mass is 359 g/mol. The number of hydroxylamine groups is 2. The van der Waals surface area contributed by atoms with Gasteiger partial charge >= 0.3 is 7.60 Å². The number of benzene rings is 1. The molecule has 0 spiro atoms. The smallest absolute Gasteiger partial charge is 0.358 e. The van der Waals surface area contributed by atoms with Crippen molar-refractivity contribution in [2.45, 2.75) is 39.6 Å². The number of rotatable bonds is 11. The van der Waals surface area contributed by atoms with Crippen LogP contribution in [0.4, 0.5) is 0 Å². The number of hydrogen-bond acceptors (Lipinski definition) is 6. The van der Waals surface area contributed by atoms with Gasteiger partial charge in [-0.1, -0.05) is 30.3 Å². The van der Waals surface area contributed by atoms with E-state index < -0.39 is 13.4 Å². The Balaban J connectivity index is 2.58. The minimum atomic E-state index is -3.61. The molecule has 0 aliphatic rings. The first-order chi connectivity index (χ1) is 11.4. The molecule has 1 N–H and O–H groups in total. The first-order valence-corrected chi connectivity index (χ1v) is 9.56. The van der Waals surface area contributed by atoms with E-state index in [-0.39, 0.29) is 38.7 Å². The number of aliphatic hydroxyl groups excluding tert-OH is 1. The van der Waals surface area contributed by atoms with Crippen molar-refractivity contribution >= 4 is 13.5 Å². The lowest BCUT2D eigenvalue weighted by atomic mass is 10.2. The lowest BCUT2D eigenvalue weighted by molar-refractivity contribution is -0.190. The Morgan fingerprint density at radius 2 is 1.79 bits per heavy atom. The quantitative estimate of drug-likeness (QED) is 0.483. The fourth-order valence-corrected chi connectivity index (χ4v) is 3.57. The van der Waals surface area contributed by atoms with Crippen LogP contribution in [0.2, 0.25) is 0 Å². The van der Waals surface area contributed by atoms with E-state index in [0.717, 1.165) is 10.6 Å². The summed E-state index contributed by atoms with van der Waals surface area (Å²) in [4.78, 5) is 17.1. The summed E-state index contributed by atoms with van der Waals surface area (Å²) in [5.74, 6) is -1.62. The molecule has 1 aromatic rings. The third kappa shape index (κ3) is 6.71. The summed E-state index contributed by atoms with van der Waals surface area (Å²) in [5, 5.41) is 11.3. The molecule has 8 heteroatoms. The van der Waals surface area contributed by atoms with Gasteiger partial charge in [0, 0.05) is 13.3 Å². The van der Waals surface area contributed by atoms with Gasteiger partial charge in [-0.25, -0.2) is 5.06 Å². The minimum Gasteiger partial charge on any atom is -0.380 e. The summed E-state index contributed by atoms with van der Waals surface area (Å²) < 4.78 is 22.6. The Labute approximate surface area is 143 Å². The van der Waals surface area contributed by atoms with Gasteiger partial charge in [0.2, 0.25) is 5.91 Å². The number of hydrogen-bond donors (Lipinski definition) is 1. The van der Waals surface area contributed by atoms with Crippen LogP contribution in [0.3, 0.4) is 0 Å². The van der Waals surface area contributed by atoms with Gasteiger partial charge in [0.25, 0.3) is 0 Å². The highest BCUT2D eigenvalue weighted by Gasteiger charge is 2.34. The summed E-state index contributed by atoms with van der Waals surface area (Å²) in [7, 11) is -3.61. The molecule has 0 saturated heterocycles. The fraction of sp³-hybridized carbons (Fsp3) is 0.562.